The summed E-state index contributed by atoms with van der Waals surface area (Å²) in [5.74, 6) is 3.22. The molecule has 1 aliphatic rings. The highest BCUT2D eigenvalue weighted by Crippen LogP contribution is 2.29. The molecule has 0 spiro atoms. The first-order chi connectivity index (χ1) is 7.15. The molecule has 0 aliphatic heterocycles. The van der Waals surface area contributed by atoms with Gasteiger partial charge in [-0.25, -0.2) is 0 Å². The van der Waals surface area contributed by atoms with E-state index in [0.717, 1.165) is 29.9 Å². The maximum atomic E-state index is 11.3. The molecule has 0 saturated heterocycles. The second kappa shape index (κ2) is 6.64. The van der Waals surface area contributed by atoms with E-state index >= 15 is 0 Å². The van der Waals surface area contributed by atoms with Crippen molar-refractivity contribution in [3.8, 4) is 0 Å². The van der Waals surface area contributed by atoms with Crippen molar-refractivity contribution < 1.29 is 4.21 Å². The molecule has 1 rings (SSSR count). The Morgan fingerprint density at radius 1 is 1.33 bits per heavy atom. The molecule has 0 aromatic heterocycles. The minimum atomic E-state index is -0.614. The van der Waals surface area contributed by atoms with Crippen molar-refractivity contribution in [3.05, 3.63) is 0 Å². The SMILES string of the molecule is CCS(=O)CCNC1CCCC(C)C1C. The summed E-state index contributed by atoms with van der Waals surface area (Å²) in [7, 11) is -0.614. The zero-order chi connectivity index (χ0) is 11.3. The Labute approximate surface area is 96.7 Å². The second-order valence-electron chi connectivity index (χ2n) is 4.76. The lowest BCUT2D eigenvalue weighted by Crippen LogP contribution is -2.42. The summed E-state index contributed by atoms with van der Waals surface area (Å²) in [4.78, 5) is 0. The van der Waals surface area contributed by atoms with Crippen LogP contribution in [0.5, 0.6) is 0 Å². The summed E-state index contributed by atoms with van der Waals surface area (Å²) in [6, 6.07) is 0.655. The van der Waals surface area contributed by atoms with Crippen LogP contribution in [0.25, 0.3) is 0 Å². The zero-order valence-corrected chi connectivity index (χ0v) is 11.1. The van der Waals surface area contributed by atoms with Crippen molar-refractivity contribution in [2.45, 2.75) is 46.1 Å². The average Bonchev–Trinajstić information content (AvgIpc) is 2.24. The van der Waals surface area contributed by atoms with Gasteiger partial charge in [0.15, 0.2) is 0 Å². The van der Waals surface area contributed by atoms with Gasteiger partial charge in [0, 0.05) is 34.9 Å². The van der Waals surface area contributed by atoms with E-state index in [1.807, 2.05) is 6.92 Å². The van der Waals surface area contributed by atoms with Crippen LogP contribution < -0.4 is 5.32 Å². The molecule has 0 radical (unpaired) electrons. The fraction of sp³-hybridized carbons (Fsp3) is 1.00. The smallest absolute Gasteiger partial charge is 0.0360 e. The molecule has 3 heteroatoms. The van der Waals surface area contributed by atoms with E-state index in [0.29, 0.717) is 6.04 Å². The van der Waals surface area contributed by atoms with E-state index in [1.54, 1.807) is 0 Å². The van der Waals surface area contributed by atoms with Crippen molar-refractivity contribution in [1.29, 1.82) is 0 Å². The first kappa shape index (κ1) is 13.2. The molecule has 0 bridgehead atoms. The second-order valence-corrected chi connectivity index (χ2v) is 6.63. The van der Waals surface area contributed by atoms with Crippen molar-refractivity contribution in [3.63, 3.8) is 0 Å². The van der Waals surface area contributed by atoms with E-state index < -0.39 is 10.8 Å². The summed E-state index contributed by atoms with van der Waals surface area (Å²) in [5, 5.41) is 3.57. The number of rotatable bonds is 5. The predicted octanol–water partition coefficient (Wildman–Crippen LogP) is 2.17. The maximum Gasteiger partial charge on any atom is 0.0360 e. The minimum absolute atomic E-state index is 0.614. The Balaban J connectivity index is 2.22. The van der Waals surface area contributed by atoms with Gasteiger partial charge in [-0.1, -0.05) is 33.6 Å². The standard InChI is InChI=1S/C12H25NOS/c1-4-15(14)9-8-13-12-7-5-6-10(2)11(12)3/h10-13H,4-9H2,1-3H3. The molecule has 1 fully saturated rings. The summed E-state index contributed by atoms with van der Waals surface area (Å²) >= 11 is 0. The van der Waals surface area contributed by atoms with Crippen molar-refractivity contribution in [1.82, 2.24) is 5.32 Å². The van der Waals surface area contributed by atoms with Gasteiger partial charge in [0.2, 0.25) is 0 Å². The summed E-state index contributed by atoms with van der Waals surface area (Å²) in [6.07, 6.45) is 4.02. The topological polar surface area (TPSA) is 29.1 Å². The third-order valence-corrected chi connectivity index (χ3v) is 5.07. The van der Waals surface area contributed by atoms with Gasteiger partial charge in [0.25, 0.3) is 0 Å². The Morgan fingerprint density at radius 3 is 2.73 bits per heavy atom. The summed E-state index contributed by atoms with van der Waals surface area (Å²) in [5.41, 5.74) is 0. The molecule has 1 N–H and O–H groups in total. The third kappa shape index (κ3) is 4.23. The van der Waals surface area contributed by atoms with E-state index in [9.17, 15) is 4.21 Å². The lowest BCUT2D eigenvalue weighted by Gasteiger charge is -2.34. The lowest BCUT2D eigenvalue weighted by molar-refractivity contribution is 0.209. The van der Waals surface area contributed by atoms with Crippen LogP contribution in [0.4, 0.5) is 0 Å². The van der Waals surface area contributed by atoms with Crippen LogP contribution in [0.1, 0.15) is 40.0 Å². The van der Waals surface area contributed by atoms with Crippen LogP contribution in [0.15, 0.2) is 0 Å². The largest absolute Gasteiger partial charge is 0.313 e. The first-order valence-corrected chi connectivity index (χ1v) is 7.72. The fourth-order valence-electron chi connectivity index (χ4n) is 2.37. The molecule has 0 amide bonds. The third-order valence-electron chi connectivity index (χ3n) is 3.77. The van der Waals surface area contributed by atoms with Gasteiger partial charge in [-0.05, 0) is 18.3 Å². The summed E-state index contributed by atoms with van der Waals surface area (Å²) in [6.45, 7) is 7.60. The Kier molecular flexibility index (Phi) is 5.83. The fourth-order valence-corrected chi connectivity index (χ4v) is 3.01. The molecule has 0 aromatic carbocycles. The van der Waals surface area contributed by atoms with E-state index in [4.69, 9.17) is 0 Å². The molecule has 0 aromatic rings. The predicted molar refractivity (Wildman–Crippen MR) is 67.5 cm³/mol. The van der Waals surface area contributed by atoms with Gasteiger partial charge >= 0.3 is 0 Å². The van der Waals surface area contributed by atoms with Crippen LogP contribution in [-0.2, 0) is 10.8 Å². The molecule has 1 saturated carbocycles. The Morgan fingerprint density at radius 2 is 2.07 bits per heavy atom. The highest BCUT2D eigenvalue weighted by molar-refractivity contribution is 7.84. The maximum absolute atomic E-state index is 11.3. The van der Waals surface area contributed by atoms with Crippen molar-refractivity contribution in [2.24, 2.45) is 11.8 Å². The monoisotopic (exact) mass is 231 g/mol. The quantitative estimate of drug-likeness (QED) is 0.785. The number of nitrogens with one attached hydrogen (secondary N) is 1. The van der Waals surface area contributed by atoms with E-state index in [1.165, 1.54) is 19.3 Å². The van der Waals surface area contributed by atoms with Crippen molar-refractivity contribution in [2.75, 3.05) is 18.1 Å². The molecular weight excluding hydrogens is 206 g/mol. The van der Waals surface area contributed by atoms with Gasteiger partial charge in [-0.2, -0.15) is 0 Å². The van der Waals surface area contributed by atoms with Gasteiger partial charge < -0.3 is 5.32 Å². The highest BCUT2D eigenvalue weighted by Gasteiger charge is 2.26. The molecule has 0 heterocycles. The van der Waals surface area contributed by atoms with Gasteiger partial charge in [0.1, 0.15) is 0 Å². The molecular formula is C12H25NOS. The van der Waals surface area contributed by atoms with Gasteiger partial charge in [-0.3, -0.25) is 4.21 Å². The number of hydrogen-bond acceptors (Lipinski definition) is 2. The van der Waals surface area contributed by atoms with Crippen LogP contribution in [-0.4, -0.2) is 28.3 Å². The average molecular weight is 231 g/mol. The first-order valence-electron chi connectivity index (χ1n) is 6.23. The zero-order valence-electron chi connectivity index (χ0n) is 10.3. The lowest BCUT2D eigenvalue weighted by atomic mass is 9.78. The van der Waals surface area contributed by atoms with Crippen LogP contribution >= 0.6 is 0 Å². The Bertz CT molecular complexity index is 208. The van der Waals surface area contributed by atoms with Crippen LogP contribution in [0, 0.1) is 11.8 Å². The molecule has 2 nitrogen and oxygen atoms in total. The van der Waals surface area contributed by atoms with E-state index in [-0.39, 0.29) is 0 Å². The molecule has 15 heavy (non-hydrogen) atoms. The highest BCUT2D eigenvalue weighted by atomic mass is 32.2. The molecule has 1 aliphatic carbocycles. The van der Waals surface area contributed by atoms with Crippen molar-refractivity contribution >= 4 is 10.8 Å². The van der Waals surface area contributed by atoms with Crippen LogP contribution in [0.3, 0.4) is 0 Å². The van der Waals surface area contributed by atoms with E-state index in [2.05, 4.69) is 19.2 Å². The minimum Gasteiger partial charge on any atom is -0.313 e. The normalized spacial score (nSPS) is 33.9. The number of hydrogen-bond donors (Lipinski definition) is 1. The molecule has 90 valence electrons. The molecule has 4 atom stereocenters. The van der Waals surface area contributed by atoms with Crippen LogP contribution in [0.2, 0.25) is 0 Å². The Hall–Kier alpha value is 0.110. The van der Waals surface area contributed by atoms with Gasteiger partial charge in [0.05, 0.1) is 0 Å². The summed E-state index contributed by atoms with van der Waals surface area (Å²) < 4.78 is 11.3. The molecule has 4 unspecified atom stereocenters. The van der Waals surface area contributed by atoms with Gasteiger partial charge in [-0.15, -0.1) is 0 Å².